The molecule has 0 spiro atoms. The van der Waals surface area contributed by atoms with Crippen LogP contribution in [0.1, 0.15) is 75.7 Å². The van der Waals surface area contributed by atoms with Crippen molar-refractivity contribution in [2.45, 2.75) is 135 Å². The van der Waals surface area contributed by atoms with Crippen LogP contribution in [0.3, 0.4) is 0 Å². The number of methoxy groups -OCH3 is 1. The standard InChI is InChI=1S/C35H62O4Si3/c1-28(38-42(35(8,9)10,29-22-18-16-19-23-29)30-24-20-17-21-25-30)26-31(36-11)32(39-41(14,15)34(5,6)7)27-37-40(12,13)33(2,3)4/h16-25,28,31-32H,26-27H2,1-15H3/t28-,31+,32+/m1/s1. The molecule has 3 atom stereocenters. The minimum Gasteiger partial charge on any atom is -0.414 e. The van der Waals surface area contributed by atoms with E-state index in [-0.39, 0.29) is 33.4 Å². The quantitative estimate of drug-likeness (QED) is 0.207. The number of benzene rings is 2. The SMILES string of the molecule is CO[C@@H](C[C@@H](C)O[Si](c1ccccc1)(c1ccccc1)C(C)(C)C)[C@H](CO[Si](C)(C)C(C)(C)C)O[Si](C)(C)C(C)(C)C. The molecule has 0 heterocycles. The maximum absolute atomic E-state index is 7.44. The van der Waals surface area contributed by atoms with Crippen LogP contribution in [0.25, 0.3) is 0 Å². The molecule has 0 fully saturated rings. The molecule has 2 rings (SSSR count). The van der Waals surface area contributed by atoms with E-state index in [4.69, 9.17) is 18.0 Å². The lowest BCUT2D eigenvalue weighted by molar-refractivity contribution is -0.0455. The van der Waals surface area contributed by atoms with Gasteiger partial charge in [0, 0.05) is 19.6 Å². The lowest BCUT2D eigenvalue weighted by Crippen LogP contribution is -2.67. The fourth-order valence-corrected chi connectivity index (χ4v) is 12.1. The van der Waals surface area contributed by atoms with Crippen LogP contribution in [0.4, 0.5) is 0 Å². The number of rotatable bonds is 13. The highest BCUT2D eigenvalue weighted by Crippen LogP contribution is 2.41. The maximum Gasteiger partial charge on any atom is 0.261 e. The fourth-order valence-electron chi connectivity index (χ4n) is 5.05. The Balaban J connectivity index is 2.50. The van der Waals surface area contributed by atoms with Crippen molar-refractivity contribution in [3.8, 4) is 0 Å². The first-order valence-electron chi connectivity index (χ1n) is 15.7. The molecule has 0 unspecified atom stereocenters. The Morgan fingerprint density at radius 3 is 1.38 bits per heavy atom. The number of ether oxygens (including phenoxy) is 1. The lowest BCUT2D eigenvalue weighted by atomic mass is 10.1. The molecule has 4 nitrogen and oxygen atoms in total. The maximum atomic E-state index is 7.44. The van der Waals surface area contributed by atoms with Gasteiger partial charge in [-0.3, -0.25) is 0 Å². The van der Waals surface area contributed by atoms with Crippen LogP contribution in [0, 0.1) is 0 Å². The molecule has 42 heavy (non-hydrogen) atoms. The summed E-state index contributed by atoms with van der Waals surface area (Å²) in [6.07, 6.45) is 0.341. The second kappa shape index (κ2) is 13.9. The molecule has 0 aliphatic rings. The van der Waals surface area contributed by atoms with Crippen LogP contribution in [0.5, 0.6) is 0 Å². The normalized spacial score (nSPS) is 16.3. The van der Waals surface area contributed by atoms with Gasteiger partial charge in [-0.25, -0.2) is 0 Å². The van der Waals surface area contributed by atoms with E-state index in [0.717, 1.165) is 6.42 Å². The average Bonchev–Trinajstić information content (AvgIpc) is 2.87. The number of hydrogen-bond acceptors (Lipinski definition) is 4. The summed E-state index contributed by atoms with van der Waals surface area (Å²) < 4.78 is 27.6. The monoisotopic (exact) mass is 630 g/mol. The van der Waals surface area contributed by atoms with Gasteiger partial charge in [-0.2, -0.15) is 0 Å². The van der Waals surface area contributed by atoms with E-state index in [1.165, 1.54) is 10.4 Å². The van der Waals surface area contributed by atoms with Crippen LogP contribution < -0.4 is 10.4 Å². The third kappa shape index (κ3) is 8.77. The third-order valence-electron chi connectivity index (χ3n) is 9.74. The Labute approximate surface area is 262 Å². The van der Waals surface area contributed by atoms with E-state index < -0.39 is 25.0 Å². The van der Waals surface area contributed by atoms with E-state index in [0.29, 0.717) is 6.61 Å². The topological polar surface area (TPSA) is 36.9 Å². The Morgan fingerprint density at radius 2 is 1.02 bits per heavy atom. The molecule has 7 heteroatoms. The molecule has 0 N–H and O–H groups in total. The molecular formula is C35H62O4Si3. The van der Waals surface area contributed by atoms with Crippen LogP contribution in [-0.4, -0.2) is 57.0 Å². The fraction of sp³-hybridized carbons (Fsp3) is 0.657. The van der Waals surface area contributed by atoms with Crippen molar-refractivity contribution in [2.24, 2.45) is 0 Å². The molecule has 0 amide bonds. The van der Waals surface area contributed by atoms with Gasteiger partial charge in [0.1, 0.15) is 0 Å². The average molecular weight is 631 g/mol. The lowest BCUT2D eigenvalue weighted by Gasteiger charge is -2.46. The van der Waals surface area contributed by atoms with Crippen LogP contribution in [0.15, 0.2) is 60.7 Å². The van der Waals surface area contributed by atoms with Crippen molar-refractivity contribution in [3.63, 3.8) is 0 Å². The summed E-state index contributed by atoms with van der Waals surface area (Å²) in [7, 11) is -4.96. The molecule has 0 saturated heterocycles. The zero-order chi connectivity index (χ0) is 32.2. The predicted octanol–water partition coefficient (Wildman–Crippen LogP) is 8.77. The summed E-state index contributed by atoms with van der Waals surface area (Å²) >= 11 is 0. The zero-order valence-electron chi connectivity index (χ0n) is 29.6. The van der Waals surface area contributed by atoms with Crippen molar-refractivity contribution in [2.75, 3.05) is 13.7 Å². The third-order valence-corrected chi connectivity index (χ3v) is 23.9. The van der Waals surface area contributed by atoms with Gasteiger partial charge in [0.05, 0.1) is 18.8 Å². The summed E-state index contributed by atoms with van der Waals surface area (Å²) in [5, 5.41) is 2.70. The van der Waals surface area contributed by atoms with Gasteiger partial charge in [-0.1, -0.05) is 123 Å². The molecule has 2 aromatic rings. The van der Waals surface area contributed by atoms with E-state index in [1.54, 1.807) is 0 Å². The van der Waals surface area contributed by atoms with Gasteiger partial charge in [0.2, 0.25) is 0 Å². The first kappa shape index (κ1) is 37.1. The Bertz CT molecular complexity index is 1040. The van der Waals surface area contributed by atoms with Gasteiger partial charge >= 0.3 is 0 Å². The van der Waals surface area contributed by atoms with Gasteiger partial charge in [0.15, 0.2) is 16.6 Å². The summed E-state index contributed by atoms with van der Waals surface area (Å²) in [6, 6.07) is 21.7. The van der Waals surface area contributed by atoms with E-state index in [2.05, 4.69) is 156 Å². The smallest absolute Gasteiger partial charge is 0.261 e. The summed E-state index contributed by atoms with van der Waals surface area (Å²) in [5.74, 6) is 0. The highest BCUT2D eigenvalue weighted by atomic mass is 28.4. The van der Waals surface area contributed by atoms with Crippen molar-refractivity contribution >= 4 is 35.3 Å². The van der Waals surface area contributed by atoms with Crippen LogP contribution >= 0.6 is 0 Å². The van der Waals surface area contributed by atoms with Crippen molar-refractivity contribution in [3.05, 3.63) is 60.7 Å². The van der Waals surface area contributed by atoms with Crippen molar-refractivity contribution in [1.29, 1.82) is 0 Å². The molecule has 0 saturated carbocycles. The molecule has 0 radical (unpaired) electrons. The van der Waals surface area contributed by atoms with Crippen molar-refractivity contribution < 1.29 is 18.0 Å². The second-order valence-corrected chi connectivity index (χ2v) is 29.9. The number of hydrogen-bond donors (Lipinski definition) is 0. The predicted molar refractivity (Wildman–Crippen MR) is 189 cm³/mol. The molecule has 0 bridgehead atoms. The largest absolute Gasteiger partial charge is 0.414 e. The summed E-state index contributed by atoms with van der Waals surface area (Å²) in [5.41, 5.74) is 0. The molecule has 0 aliphatic heterocycles. The highest BCUT2D eigenvalue weighted by Gasteiger charge is 2.51. The van der Waals surface area contributed by atoms with E-state index in [1.807, 2.05) is 7.11 Å². The van der Waals surface area contributed by atoms with Gasteiger partial charge in [-0.15, -0.1) is 0 Å². The molecule has 2 aromatic carbocycles. The van der Waals surface area contributed by atoms with Gasteiger partial charge in [0.25, 0.3) is 8.32 Å². The molecule has 0 aliphatic carbocycles. The first-order valence-corrected chi connectivity index (χ1v) is 23.4. The molecular weight excluding hydrogens is 569 g/mol. The van der Waals surface area contributed by atoms with Gasteiger partial charge < -0.3 is 18.0 Å². The van der Waals surface area contributed by atoms with Crippen LogP contribution in [-0.2, 0) is 18.0 Å². The zero-order valence-corrected chi connectivity index (χ0v) is 32.6. The Hall–Kier alpha value is -1.07. The molecule has 238 valence electrons. The minimum atomic E-state index is -2.69. The molecule has 0 aromatic heterocycles. The first-order chi connectivity index (χ1) is 19.1. The highest BCUT2D eigenvalue weighted by molar-refractivity contribution is 6.99. The van der Waals surface area contributed by atoms with E-state index in [9.17, 15) is 0 Å². The van der Waals surface area contributed by atoms with Crippen LogP contribution in [0.2, 0.25) is 41.3 Å². The van der Waals surface area contributed by atoms with Gasteiger partial charge in [-0.05, 0) is 58.6 Å². The Kier molecular flexibility index (Phi) is 12.3. The summed E-state index contributed by atoms with van der Waals surface area (Å²) in [4.78, 5) is 0. The van der Waals surface area contributed by atoms with Crippen molar-refractivity contribution in [1.82, 2.24) is 0 Å². The summed E-state index contributed by atoms with van der Waals surface area (Å²) in [6.45, 7) is 32.7. The van der Waals surface area contributed by atoms with E-state index >= 15 is 0 Å². The second-order valence-electron chi connectivity index (χ2n) is 16.1. The minimum absolute atomic E-state index is 0.0559. The Morgan fingerprint density at radius 1 is 0.595 bits per heavy atom.